The zero-order valence-electron chi connectivity index (χ0n) is 14.6. The number of pyridine rings is 1. The van der Waals surface area contributed by atoms with Crippen molar-refractivity contribution in [2.75, 3.05) is 24.6 Å². The molecule has 0 unspecified atom stereocenters. The maximum atomic E-state index is 12.4. The summed E-state index contributed by atoms with van der Waals surface area (Å²) in [5.41, 5.74) is 2.66. The smallest absolute Gasteiger partial charge is 0.344 e. The van der Waals surface area contributed by atoms with E-state index in [4.69, 9.17) is 9.52 Å². The van der Waals surface area contributed by atoms with Gasteiger partial charge >= 0.3 is 5.63 Å². The number of hydrogen-bond acceptors (Lipinski definition) is 4. The molecule has 5 heteroatoms. The molecule has 1 N–H and O–H groups in total. The van der Waals surface area contributed by atoms with Crippen LogP contribution in [0.15, 0.2) is 58.0 Å². The Bertz CT molecular complexity index is 912. The van der Waals surface area contributed by atoms with Gasteiger partial charge in [0, 0.05) is 47.9 Å². The Balaban J connectivity index is 2.02. The Morgan fingerprint density at radius 1 is 1.08 bits per heavy atom. The summed E-state index contributed by atoms with van der Waals surface area (Å²) in [4.78, 5) is 14.7. The van der Waals surface area contributed by atoms with Crippen LogP contribution in [0.4, 0.5) is 5.69 Å². The van der Waals surface area contributed by atoms with Crippen molar-refractivity contribution in [2.45, 2.75) is 20.4 Å². The van der Waals surface area contributed by atoms with Crippen molar-refractivity contribution >= 4 is 16.7 Å². The van der Waals surface area contributed by atoms with Crippen LogP contribution < -0.4 is 15.1 Å². The zero-order valence-corrected chi connectivity index (χ0v) is 14.6. The van der Waals surface area contributed by atoms with Crippen molar-refractivity contribution in [3.05, 3.63) is 59.2 Å². The first-order valence-corrected chi connectivity index (χ1v) is 8.59. The molecule has 1 aromatic carbocycles. The van der Waals surface area contributed by atoms with Crippen molar-refractivity contribution in [1.29, 1.82) is 0 Å². The van der Waals surface area contributed by atoms with Gasteiger partial charge in [0.05, 0.1) is 5.56 Å². The average molecular weight is 339 g/mol. The maximum Gasteiger partial charge on any atom is 0.344 e. The van der Waals surface area contributed by atoms with E-state index in [0.29, 0.717) is 17.7 Å². The largest absolute Gasteiger partial charge is 0.422 e. The van der Waals surface area contributed by atoms with Crippen LogP contribution in [0.25, 0.3) is 22.1 Å². The van der Waals surface area contributed by atoms with E-state index in [-0.39, 0.29) is 12.2 Å². The van der Waals surface area contributed by atoms with Crippen LogP contribution in [-0.4, -0.2) is 24.8 Å². The molecule has 0 fully saturated rings. The summed E-state index contributed by atoms with van der Waals surface area (Å²) < 4.78 is 7.44. The fourth-order valence-electron chi connectivity index (χ4n) is 2.99. The van der Waals surface area contributed by atoms with E-state index in [1.165, 1.54) is 0 Å². The molecule has 0 radical (unpaired) electrons. The van der Waals surface area contributed by atoms with Gasteiger partial charge < -0.3 is 14.4 Å². The highest BCUT2D eigenvalue weighted by molar-refractivity contribution is 5.84. The molecule has 5 nitrogen and oxygen atoms in total. The van der Waals surface area contributed by atoms with Gasteiger partial charge in [0.15, 0.2) is 18.9 Å². The first-order chi connectivity index (χ1) is 12.2. The second-order valence-electron chi connectivity index (χ2n) is 5.89. The molecule has 2 aromatic heterocycles. The molecule has 0 amide bonds. The van der Waals surface area contributed by atoms with Gasteiger partial charge in [0.1, 0.15) is 12.2 Å². The number of fused-ring (bicyclic) bond motifs is 1. The number of rotatable bonds is 6. The first-order valence-electron chi connectivity index (χ1n) is 8.59. The number of nitrogens with zero attached hydrogens (tertiary/aromatic N) is 2. The standard InChI is InChI=1S/C20H23N2O3/c1-3-22(4-2)17-6-5-16-13-18(20(24)25-19(16)14-17)15-7-9-21(10-8-15)11-12-23/h5-10,13-14,23H,3-4,11-12H2,1-2H3/q+1. The quantitative estimate of drug-likeness (QED) is 0.554. The van der Waals surface area contributed by atoms with E-state index in [0.717, 1.165) is 29.7 Å². The Hall–Kier alpha value is -2.66. The Morgan fingerprint density at radius 3 is 2.44 bits per heavy atom. The van der Waals surface area contributed by atoms with Gasteiger partial charge in [-0.2, -0.15) is 0 Å². The summed E-state index contributed by atoms with van der Waals surface area (Å²) in [6.07, 6.45) is 3.69. The second-order valence-corrected chi connectivity index (χ2v) is 5.89. The normalized spacial score (nSPS) is 11.0. The van der Waals surface area contributed by atoms with Crippen LogP contribution in [0, 0.1) is 0 Å². The van der Waals surface area contributed by atoms with Crippen LogP contribution in [0.2, 0.25) is 0 Å². The number of aromatic nitrogens is 1. The highest BCUT2D eigenvalue weighted by atomic mass is 16.4. The molecule has 0 spiro atoms. The molecule has 25 heavy (non-hydrogen) atoms. The molecule has 0 aliphatic carbocycles. The van der Waals surface area contributed by atoms with Gasteiger partial charge in [-0.3, -0.25) is 0 Å². The van der Waals surface area contributed by atoms with E-state index in [2.05, 4.69) is 24.8 Å². The van der Waals surface area contributed by atoms with Gasteiger partial charge in [-0.1, -0.05) is 0 Å². The molecular weight excluding hydrogens is 316 g/mol. The van der Waals surface area contributed by atoms with E-state index >= 15 is 0 Å². The summed E-state index contributed by atoms with van der Waals surface area (Å²) >= 11 is 0. The summed E-state index contributed by atoms with van der Waals surface area (Å²) in [6.45, 7) is 6.62. The molecule has 0 aliphatic rings. The van der Waals surface area contributed by atoms with Gasteiger partial charge in [-0.15, -0.1) is 0 Å². The van der Waals surface area contributed by atoms with E-state index in [9.17, 15) is 4.79 Å². The zero-order chi connectivity index (χ0) is 17.8. The highest BCUT2D eigenvalue weighted by Crippen LogP contribution is 2.24. The molecule has 2 heterocycles. The third kappa shape index (κ3) is 3.56. The number of benzene rings is 1. The van der Waals surface area contributed by atoms with Gasteiger partial charge in [0.25, 0.3) is 0 Å². The Labute approximate surface area is 146 Å². The number of aliphatic hydroxyl groups is 1. The summed E-state index contributed by atoms with van der Waals surface area (Å²) in [6, 6.07) is 11.6. The average Bonchev–Trinajstić information content (AvgIpc) is 2.63. The first kappa shape index (κ1) is 17.2. The minimum Gasteiger partial charge on any atom is -0.422 e. The number of aliphatic hydroxyl groups excluding tert-OH is 1. The van der Waals surface area contributed by atoms with Gasteiger partial charge in [-0.05, 0) is 32.0 Å². The van der Waals surface area contributed by atoms with Crippen molar-refractivity contribution < 1.29 is 14.1 Å². The summed E-state index contributed by atoms with van der Waals surface area (Å²) in [7, 11) is 0. The SMILES string of the molecule is CCN(CC)c1ccc2cc(-c3cc[n+](CCO)cc3)c(=O)oc2c1. The molecule has 3 rings (SSSR count). The molecule has 0 atom stereocenters. The van der Waals surface area contributed by atoms with Crippen LogP contribution in [0.1, 0.15) is 13.8 Å². The predicted molar refractivity (Wildman–Crippen MR) is 98.8 cm³/mol. The van der Waals surface area contributed by atoms with Crippen LogP contribution >= 0.6 is 0 Å². The molecule has 130 valence electrons. The topological polar surface area (TPSA) is 57.6 Å². The second kappa shape index (κ2) is 7.49. The molecular formula is C20H23N2O3+. The predicted octanol–water partition coefficient (Wildman–Crippen LogP) is 2.59. The van der Waals surface area contributed by atoms with Crippen LogP contribution in [-0.2, 0) is 6.54 Å². The molecule has 0 saturated heterocycles. The third-order valence-corrected chi connectivity index (χ3v) is 4.41. The van der Waals surface area contributed by atoms with E-state index in [1.807, 2.05) is 47.3 Å². The lowest BCUT2D eigenvalue weighted by Gasteiger charge is -2.21. The molecule has 3 aromatic rings. The molecule has 0 saturated carbocycles. The minimum atomic E-state index is -0.343. The van der Waals surface area contributed by atoms with E-state index in [1.54, 1.807) is 0 Å². The summed E-state index contributed by atoms with van der Waals surface area (Å²) in [5.74, 6) is 0. The fraction of sp³-hybridized carbons (Fsp3) is 0.300. The lowest BCUT2D eigenvalue weighted by atomic mass is 10.1. The van der Waals surface area contributed by atoms with Crippen LogP contribution in [0.3, 0.4) is 0 Å². The van der Waals surface area contributed by atoms with Crippen molar-refractivity contribution in [1.82, 2.24) is 0 Å². The molecule has 0 aliphatic heterocycles. The lowest BCUT2D eigenvalue weighted by molar-refractivity contribution is -0.698. The Morgan fingerprint density at radius 2 is 1.80 bits per heavy atom. The molecule has 0 bridgehead atoms. The lowest BCUT2D eigenvalue weighted by Crippen LogP contribution is -2.34. The van der Waals surface area contributed by atoms with E-state index < -0.39 is 0 Å². The fourth-order valence-corrected chi connectivity index (χ4v) is 2.99. The number of anilines is 1. The summed E-state index contributed by atoms with van der Waals surface area (Å²) in [5, 5.41) is 9.88. The van der Waals surface area contributed by atoms with Crippen molar-refractivity contribution in [3.63, 3.8) is 0 Å². The van der Waals surface area contributed by atoms with Crippen molar-refractivity contribution in [2.24, 2.45) is 0 Å². The maximum absolute atomic E-state index is 12.4. The highest BCUT2D eigenvalue weighted by Gasteiger charge is 2.11. The Kier molecular flexibility index (Phi) is 5.14. The van der Waals surface area contributed by atoms with Gasteiger partial charge in [-0.25, -0.2) is 9.36 Å². The van der Waals surface area contributed by atoms with Crippen molar-refractivity contribution in [3.8, 4) is 11.1 Å². The van der Waals surface area contributed by atoms with Gasteiger partial charge in [0.2, 0.25) is 0 Å². The third-order valence-electron chi connectivity index (χ3n) is 4.41. The minimum absolute atomic E-state index is 0.0804. The van der Waals surface area contributed by atoms with Crippen LogP contribution in [0.5, 0.6) is 0 Å². The number of hydrogen-bond donors (Lipinski definition) is 1. The monoisotopic (exact) mass is 339 g/mol.